The van der Waals surface area contributed by atoms with Gasteiger partial charge in [-0.15, -0.1) is 0 Å². The summed E-state index contributed by atoms with van der Waals surface area (Å²) in [4.78, 5) is 16.3. The lowest BCUT2D eigenvalue weighted by atomic mass is 10.1. The molecule has 7 nitrogen and oxygen atoms in total. The number of carbonyl (C=O) groups is 1. The molecule has 0 unspecified atom stereocenters. The number of halogens is 1. The number of nitrogens with one attached hydrogen (secondary N) is 1. The Balaban J connectivity index is 1.58. The molecule has 0 aliphatic rings. The van der Waals surface area contributed by atoms with Crippen LogP contribution >= 0.6 is 11.6 Å². The third kappa shape index (κ3) is 4.80. The third-order valence-electron chi connectivity index (χ3n) is 3.87. The van der Waals surface area contributed by atoms with Crippen molar-refractivity contribution in [3.05, 3.63) is 52.5 Å². The summed E-state index contributed by atoms with van der Waals surface area (Å²) in [7, 11) is 0. The zero-order chi connectivity index (χ0) is 20.1. The summed E-state index contributed by atoms with van der Waals surface area (Å²) < 4.78 is 16.1. The Hall–Kier alpha value is -3.06. The van der Waals surface area contributed by atoms with Crippen molar-refractivity contribution in [3.63, 3.8) is 0 Å². The van der Waals surface area contributed by atoms with Crippen LogP contribution in [0.15, 0.2) is 40.9 Å². The second-order valence-corrected chi connectivity index (χ2v) is 6.47. The highest BCUT2D eigenvalue weighted by molar-refractivity contribution is 6.32. The Morgan fingerprint density at radius 2 is 1.79 bits per heavy atom. The lowest BCUT2D eigenvalue weighted by Crippen LogP contribution is -2.20. The summed E-state index contributed by atoms with van der Waals surface area (Å²) in [5.41, 5.74) is 2.49. The molecule has 0 aliphatic carbocycles. The molecule has 1 amide bonds. The fourth-order valence-corrected chi connectivity index (χ4v) is 2.66. The first-order valence-corrected chi connectivity index (χ1v) is 9.10. The van der Waals surface area contributed by atoms with E-state index < -0.39 is 5.91 Å². The largest absolute Gasteiger partial charge is 0.494 e. The number of rotatable bonds is 7. The smallest absolute Gasteiger partial charge is 0.270 e. The molecule has 2 aromatic carbocycles. The fourth-order valence-electron chi connectivity index (χ4n) is 2.55. The van der Waals surface area contributed by atoms with Crippen molar-refractivity contribution < 1.29 is 18.8 Å². The van der Waals surface area contributed by atoms with Gasteiger partial charge in [0.2, 0.25) is 0 Å². The van der Waals surface area contributed by atoms with E-state index in [0.717, 1.165) is 22.4 Å². The molecule has 0 radical (unpaired) electrons. The molecule has 8 heteroatoms. The van der Waals surface area contributed by atoms with Gasteiger partial charge in [-0.25, -0.2) is 0 Å². The van der Waals surface area contributed by atoms with Crippen LogP contribution in [0.25, 0.3) is 11.5 Å². The highest BCUT2D eigenvalue weighted by Gasteiger charge is 2.13. The van der Waals surface area contributed by atoms with Gasteiger partial charge in [0.05, 0.1) is 6.61 Å². The van der Waals surface area contributed by atoms with Crippen LogP contribution in [0.2, 0.25) is 5.02 Å². The van der Waals surface area contributed by atoms with Crippen molar-refractivity contribution >= 4 is 23.5 Å². The van der Waals surface area contributed by atoms with Crippen LogP contribution in [-0.4, -0.2) is 29.3 Å². The van der Waals surface area contributed by atoms with Crippen LogP contribution in [0.1, 0.15) is 18.1 Å². The van der Waals surface area contributed by atoms with Gasteiger partial charge in [-0.2, -0.15) is 4.98 Å². The standard InChI is InChI=1S/C20H20ClN3O4/c1-4-26-15-7-5-14(6-8-15)19-23-20(24-28-19)22-17(25)11-27-16-9-12(2)18(21)13(3)10-16/h5-10H,4,11H2,1-3H3,(H,22,24,25). The van der Waals surface area contributed by atoms with E-state index in [1.54, 1.807) is 24.3 Å². The molecule has 1 heterocycles. The number of aromatic nitrogens is 2. The van der Waals surface area contributed by atoms with Crippen LogP contribution in [0.5, 0.6) is 11.5 Å². The number of nitrogens with zero attached hydrogens (tertiary/aromatic N) is 2. The van der Waals surface area contributed by atoms with Crippen molar-refractivity contribution in [1.29, 1.82) is 0 Å². The number of ether oxygens (including phenoxy) is 2. The molecule has 0 saturated carbocycles. The minimum Gasteiger partial charge on any atom is -0.494 e. The number of amides is 1. The average Bonchev–Trinajstić information content (AvgIpc) is 3.13. The summed E-state index contributed by atoms with van der Waals surface area (Å²) in [5.74, 6) is 1.29. The molecule has 3 rings (SSSR count). The Morgan fingerprint density at radius 3 is 2.43 bits per heavy atom. The van der Waals surface area contributed by atoms with Crippen LogP contribution in [0, 0.1) is 13.8 Å². The summed E-state index contributed by atoms with van der Waals surface area (Å²) in [6, 6.07) is 10.8. The molecule has 0 spiro atoms. The lowest BCUT2D eigenvalue weighted by molar-refractivity contribution is -0.118. The number of hydrogen-bond acceptors (Lipinski definition) is 6. The normalized spacial score (nSPS) is 10.6. The van der Waals surface area contributed by atoms with Crippen molar-refractivity contribution in [2.75, 3.05) is 18.5 Å². The van der Waals surface area contributed by atoms with Crippen LogP contribution in [0.4, 0.5) is 5.95 Å². The van der Waals surface area contributed by atoms with Crippen LogP contribution in [-0.2, 0) is 4.79 Å². The van der Waals surface area contributed by atoms with Gasteiger partial charge in [-0.1, -0.05) is 11.6 Å². The number of aryl methyl sites for hydroxylation is 2. The molecule has 1 aromatic heterocycles. The van der Waals surface area contributed by atoms with E-state index >= 15 is 0 Å². The van der Waals surface area contributed by atoms with Crippen molar-refractivity contribution in [2.24, 2.45) is 0 Å². The molecular weight excluding hydrogens is 382 g/mol. The molecule has 0 atom stereocenters. The Kier molecular flexibility index (Phi) is 6.16. The first-order valence-electron chi connectivity index (χ1n) is 8.72. The molecule has 28 heavy (non-hydrogen) atoms. The fraction of sp³-hybridized carbons (Fsp3) is 0.250. The second-order valence-electron chi connectivity index (χ2n) is 6.09. The zero-order valence-corrected chi connectivity index (χ0v) is 16.5. The van der Waals surface area contributed by atoms with Gasteiger partial charge in [0, 0.05) is 10.6 Å². The zero-order valence-electron chi connectivity index (χ0n) is 15.8. The molecule has 1 N–H and O–H groups in total. The van der Waals surface area contributed by atoms with Crippen LogP contribution in [0.3, 0.4) is 0 Å². The molecule has 0 bridgehead atoms. The van der Waals surface area contributed by atoms with E-state index in [4.69, 9.17) is 25.6 Å². The van der Waals surface area contributed by atoms with E-state index in [-0.39, 0.29) is 12.6 Å². The average molecular weight is 402 g/mol. The van der Waals surface area contributed by atoms with E-state index in [0.29, 0.717) is 23.3 Å². The Bertz CT molecular complexity index is 947. The molecule has 3 aromatic rings. The van der Waals surface area contributed by atoms with Crippen molar-refractivity contribution in [1.82, 2.24) is 10.1 Å². The highest BCUT2D eigenvalue weighted by Crippen LogP contribution is 2.26. The maximum absolute atomic E-state index is 12.1. The second kappa shape index (κ2) is 8.75. The number of hydrogen-bond donors (Lipinski definition) is 1. The molecule has 0 saturated heterocycles. The summed E-state index contributed by atoms with van der Waals surface area (Å²) in [6.07, 6.45) is 0. The predicted octanol–water partition coefficient (Wildman–Crippen LogP) is 4.42. The van der Waals surface area contributed by atoms with Gasteiger partial charge >= 0.3 is 0 Å². The monoisotopic (exact) mass is 401 g/mol. The van der Waals surface area contributed by atoms with Gasteiger partial charge in [-0.3, -0.25) is 10.1 Å². The summed E-state index contributed by atoms with van der Waals surface area (Å²) in [6.45, 7) is 6.08. The summed E-state index contributed by atoms with van der Waals surface area (Å²) >= 11 is 6.13. The molecule has 146 valence electrons. The minimum absolute atomic E-state index is 0.0703. The van der Waals surface area contributed by atoms with Crippen molar-refractivity contribution in [2.45, 2.75) is 20.8 Å². The Labute approximate surface area is 167 Å². The molecule has 0 aliphatic heterocycles. The minimum atomic E-state index is -0.399. The molecule has 0 fully saturated rings. The van der Waals surface area contributed by atoms with E-state index in [9.17, 15) is 4.79 Å². The van der Waals surface area contributed by atoms with E-state index in [1.165, 1.54) is 0 Å². The number of carbonyl (C=O) groups excluding carboxylic acids is 1. The van der Waals surface area contributed by atoms with Gasteiger partial charge in [-0.05, 0) is 73.5 Å². The van der Waals surface area contributed by atoms with E-state index in [1.807, 2.05) is 32.9 Å². The van der Waals surface area contributed by atoms with Crippen LogP contribution < -0.4 is 14.8 Å². The first kappa shape index (κ1) is 19.7. The number of anilines is 1. The SMILES string of the molecule is CCOc1ccc(-c2nc(NC(=O)COc3cc(C)c(Cl)c(C)c3)no2)cc1. The van der Waals surface area contributed by atoms with Gasteiger partial charge < -0.3 is 14.0 Å². The summed E-state index contributed by atoms with van der Waals surface area (Å²) in [5, 5.41) is 6.99. The maximum Gasteiger partial charge on any atom is 0.270 e. The van der Waals surface area contributed by atoms with Gasteiger partial charge in [0.25, 0.3) is 17.7 Å². The predicted molar refractivity (Wildman–Crippen MR) is 106 cm³/mol. The quantitative estimate of drug-likeness (QED) is 0.630. The Morgan fingerprint density at radius 1 is 1.11 bits per heavy atom. The molecular formula is C20H20ClN3O4. The number of benzene rings is 2. The van der Waals surface area contributed by atoms with Gasteiger partial charge in [0.1, 0.15) is 11.5 Å². The van der Waals surface area contributed by atoms with E-state index in [2.05, 4.69) is 15.5 Å². The third-order valence-corrected chi connectivity index (χ3v) is 4.47. The lowest BCUT2D eigenvalue weighted by Gasteiger charge is -2.09. The first-order chi connectivity index (χ1) is 13.5. The topological polar surface area (TPSA) is 86.5 Å². The highest BCUT2D eigenvalue weighted by atomic mass is 35.5. The van der Waals surface area contributed by atoms with Crippen molar-refractivity contribution in [3.8, 4) is 23.0 Å². The van der Waals surface area contributed by atoms with Gasteiger partial charge in [0.15, 0.2) is 6.61 Å². The maximum atomic E-state index is 12.1.